The summed E-state index contributed by atoms with van der Waals surface area (Å²) in [6.07, 6.45) is -4.99. The van der Waals surface area contributed by atoms with Crippen LogP contribution in [0.15, 0.2) is 18.2 Å². The molecule has 1 unspecified atom stereocenters. The van der Waals surface area contributed by atoms with E-state index in [2.05, 4.69) is 0 Å². The van der Waals surface area contributed by atoms with Crippen LogP contribution in [0.1, 0.15) is 17.3 Å². The predicted octanol–water partition coefficient (Wildman–Crippen LogP) is 1.74. The maximum atomic E-state index is 13.3. The van der Waals surface area contributed by atoms with Crippen molar-refractivity contribution in [2.45, 2.75) is 18.6 Å². The quantitative estimate of drug-likeness (QED) is 0.740. The van der Waals surface area contributed by atoms with Crippen LogP contribution in [-0.2, 0) is 4.79 Å². The summed E-state index contributed by atoms with van der Waals surface area (Å²) in [5, 5.41) is 10.4. The number of anilines is 1. The van der Waals surface area contributed by atoms with E-state index in [1.807, 2.05) is 0 Å². The summed E-state index contributed by atoms with van der Waals surface area (Å²) in [5.41, 5.74) is 0.712. The number of nitrogens with two attached hydrogens (primary N) is 1. The highest BCUT2D eigenvalue weighted by Crippen LogP contribution is 2.29. The van der Waals surface area contributed by atoms with Gasteiger partial charge in [0.15, 0.2) is 5.54 Å². The van der Waals surface area contributed by atoms with Gasteiger partial charge in [-0.15, -0.1) is 0 Å². The predicted molar refractivity (Wildman–Crippen MR) is 60.6 cm³/mol. The normalized spacial score (nSPS) is 14.5. The van der Waals surface area contributed by atoms with Crippen molar-refractivity contribution in [3.63, 3.8) is 0 Å². The Labute approximate surface area is 110 Å². The molecule has 0 radical (unpaired) electrons. The topological polar surface area (TPSA) is 92.4 Å². The number of amides is 1. The molecule has 1 aromatic rings. The molecule has 1 amide bonds. The lowest BCUT2D eigenvalue weighted by Gasteiger charge is -2.26. The number of carbonyl (C=O) groups excluding carboxylic acids is 1. The molecular weight excluding hydrogens is 284 g/mol. The third-order valence-corrected chi connectivity index (χ3v) is 2.52. The number of benzene rings is 1. The molecule has 0 fully saturated rings. The molecule has 0 saturated heterocycles. The minimum atomic E-state index is -4.99. The van der Waals surface area contributed by atoms with Crippen molar-refractivity contribution in [3.05, 3.63) is 29.6 Å². The van der Waals surface area contributed by atoms with Gasteiger partial charge >= 0.3 is 12.1 Å². The number of carbonyl (C=O) groups is 2. The van der Waals surface area contributed by atoms with E-state index < -0.39 is 35.0 Å². The largest absolute Gasteiger partial charge is 0.478 e. The molecule has 1 aromatic carbocycles. The Morgan fingerprint density at radius 3 is 2.25 bits per heavy atom. The lowest BCUT2D eigenvalue weighted by atomic mass is 10.0. The molecule has 0 bridgehead atoms. The molecule has 0 heterocycles. The first-order chi connectivity index (χ1) is 8.96. The molecule has 9 heteroatoms. The molecule has 110 valence electrons. The number of carboxylic acids is 1. The van der Waals surface area contributed by atoms with Crippen LogP contribution in [0.5, 0.6) is 0 Å². The number of alkyl halides is 3. The maximum Gasteiger partial charge on any atom is 0.415 e. The van der Waals surface area contributed by atoms with E-state index in [4.69, 9.17) is 10.8 Å². The van der Waals surface area contributed by atoms with Gasteiger partial charge in [-0.2, -0.15) is 13.2 Å². The Balaban J connectivity index is 2.98. The number of hydrogen-bond donors (Lipinski definition) is 3. The van der Waals surface area contributed by atoms with Crippen LogP contribution in [0.25, 0.3) is 0 Å². The second-order valence-electron chi connectivity index (χ2n) is 4.15. The Morgan fingerprint density at radius 1 is 1.30 bits per heavy atom. The Bertz CT molecular complexity index is 555. The van der Waals surface area contributed by atoms with Gasteiger partial charge in [0.05, 0.1) is 5.56 Å². The Morgan fingerprint density at radius 2 is 1.85 bits per heavy atom. The fourth-order valence-corrected chi connectivity index (χ4v) is 1.16. The summed E-state index contributed by atoms with van der Waals surface area (Å²) in [4.78, 5) is 22.0. The van der Waals surface area contributed by atoms with Crippen molar-refractivity contribution in [3.8, 4) is 0 Å². The van der Waals surface area contributed by atoms with E-state index in [1.165, 1.54) is 0 Å². The SMILES string of the molecule is CC(N)(C(=O)Nc1ccc(C(=O)O)c(F)c1)C(F)(F)F. The average Bonchev–Trinajstić information content (AvgIpc) is 2.26. The fourth-order valence-electron chi connectivity index (χ4n) is 1.16. The third kappa shape index (κ3) is 3.05. The van der Waals surface area contributed by atoms with Gasteiger partial charge in [0.2, 0.25) is 0 Å². The molecule has 0 saturated carbocycles. The average molecular weight is 294 g/mol. The number of carboxylic acid groups (broad SMARTS) is 1. The summed E-state index contributed by atoms with van der Waals surface area (Å²) >= 11 is 0. The molecule has 0 aromatic heterocycles. The van der Waals surface area contributed by atoms with E-state index in [0.717, 1.165) is 12.1 Å². The molecule has 0 spiro atoms. The van der Waals surface area contributed by atoms with Crippen LogP contribution in [-0.4, -0.2) is 28.7 Å². The number of rotatable bonds is 3. The van der Waals surface area contributed by atoms with E-state index in [-0.39, 0.29) is 5.69 Å². The number of halogens is 4. The van der Waals surface area contributed by atoms with Crippen molar-refractivity contribution in [2.24, 2.45) is 5.73 Å². The van der Waals surface area contributed by atoms with Gasteiger partial charge in [-0.05, 0) is 25.1 Å². The molecule has 20 heavy (non-hydrogen) atoms. The first-order valence-electron chi connectivity index (χ1n) is 5.16. The molecule has 1 rings (SSSR count). The summed E-state index contributed by atoms with van der Waals surface area (Å²) in [6.45, 7) is 0.463. The van der Waals surface area contributed by atoms with Gasteiger partial charge in [0.1, 0.15) is 5.82 Å². The van der Waals surface area contributed by atoms with E-state index in [9.17, 15) is 27.2 Å². The van der Waals surface area contributed by atoms with Gasteiger partial charge < -0.3 is 16.2 Å². The van der Waals surface area contributed by atoms with Crippen LogP contribution in [0.2, 0.25) is 0 Å². The molecule has 1 atom stereocenters. The molecule has 0 aliphatic carbocycles. The summed E-state index contributed by atoms with van der Waals surface area (Å²) in [7, 11) is 0. The van der Waals surface area contributed by atoms with Crippen molar-refractivity contribution in [1.29, 1.82) is 0 Å². The van der Waals surface area contributed by atoms with Crippen LogP contribution < -0.4 is 11.1 Å². The second kappa shape index (κ2) is 5.08. The first kappa shape index (κ1) is 15.9. The highest BCUT2D eigenvalue weighted by Gasteiger charge is 2.53. The highest BCUT2D eigenvalue weighted by atomic mass is 19.4. The minimum Gasteiger partial charge on any atom is -0.478 e. The summed E-state index contributed by atoms with van der Waals surface area (Å²) in [6, 6.07) is 2.36. The maximum absolute atomic E-state index is 13.3. The number of hydrogen-bond acceptors (Lipinski definition) is 3. The third-order valence-electron chi connectivity index (χ3n) is 2.52. The van der Waals surface area contributed by atoms with Gasteiger partial charge in [-0.25, -0.2) is 9.18 Å². The fraction of sp³-hybridized carbons (Fsp3) is 0.273. The number of nitrogens with one attached hydrogen (secondary N) is 1. The van der Waals surface area contributed by atoms with Crippen molar-refractivity contribution in [2.75, 3.05) is 5.32 Å². The molecule has 4 N–H and O–H groups in total. The lowest BCUT2D eigenvalue weighted by Crippen LogP contribution is -2.59. The zero-order chi connectivity index (χ0) is 15.7. The van der Waals surface area contributed by atoms with Crippen molar-refractivity contribution >= 4 is 17.6 Å². The number of aromatic carboxylic acids is 1. The van der Waals surface area contributed by atoms with Crippen LogP contribution in [0.3, 0.4) is 0 Å². The molecule has 0 aliphatic rings. The van der Waals surface area contributed by atoms with Gasteiger partial charge in [-0.1, -0.05) is 0 Å². The zero-order valence-electron chi connectivity index (χ0n) is 10.1. The standard InChI is InChI=1S/C11H10F4N2O3/c1-10(16,11(13,14)15)9(20)17-5-2-3-6(8(18)19)7(12)4-5/h2-4H,16H2,1H3,(H,17,20)(H,18,19). The monoisotopic (exact) mass is 294 g/mol. The van der Waals surface area contributed by atoms with E-state index in [1.54, 1.807) is 5.32 Å². The summed E-state index contributed by atoms with van der Waals surface area (Å²) < 4.78 is 50.8. The molecular formula is C11H10F4N2O3. The van der Waals surface area contributed by atoms with Gasteiger partial charge in [-0.3, -0.25) is 4.79 Å². The van der Waals surface area contributed by atoms with Crippen LogP contribution in [0, 0.1) is 5.82 Å². The van der Waals surface area contributed by atoms with Crippen LogP contribution >= 0.6 is 0 Å². The summed E-state index contributed by atoms with van der Waals surface area (Å²) in [5.74, 6) is -4.33. The second-order valence-corrected chi connectivity index (χ2v) is 4.15. The minimum absolute atomic E-state index is 0.335. The lowest BCUT2D eigenvalue weighted by molar-refractivity contribution is -0.184. The first-order valence-corrected chi connectivity index (χ1v) is 5.16. The van der Waals surface area contributed by atoms with Gasteiger partial charge in [0.25, 0.3) is 5.91 Å². The van der Waals surface area contributed by atoms with E-state index in [0.29, 0.717) is 13.0 Å². The van der Waals surface area contributed by atoms with Crippen molar-refractivity contribution in [1.82, 2.24) is 0 Å². The van der Waals surface area contributed by atoms with Crippen molar-refractivity contribution < 1.29 is 32.3 Å². The Hall–Kier alpha value is -2.16. The smallest absolute Gasteiger partial charge is 0.415 e. The molecule has 5 nitrogen and oxygen atoms in total. The molecule has 0 aliphatic heterocycles. The highest BCUT2D eigenvalue weighted by molar-refractivity contribution is 5.98. The van der Waals surface area contributed by atoms with Crippen LogP contribution in [0.4, 0.5) is 23.2 Å². The van der Waals surface area contributed by atoms with E-state index >= 15 is 0 Å². The Kier molecular flexibility index (Phi) is 4.04. The zero-order valence-corrected chi connectivity index (χ0v) is 10.1. The van der Waals surface area contributed by atoms with Gasteiger partial charge in [0, 0.05) is 5.69 Å².